The van der Waals surface area contributed by atoms with E-state index in [0.717, 1.165) is 41.2 Å². The van der Waals surface area contributed by atoms with E-state index < -0.39 is 27.2 Å². The predicted octanol–water partition coefficient (Wildman–Crippen LogP) is 6.78. The molecule has 1 aliphatic heterocycles. The lowest BCUT2D eigenvalue weighted by atomic mass is 10.1. The minimum atomic E-state index is -2.28. The van der Waals surface area contributed by atoms with Crippen molar-refractivity contribution in [3.63, 3.8) is 0 Å². The second-order valence-corrected chi connectivity index (χ2v) is 10.1. The summed E-state index contributed by atoms with van der Waals surface area (Å²) in [5, 5.41) is -0.754. The molecule has 0 spiro atoms. The first-order chi connectivity index (χ1) is 12.5. The molecule has 2 nitrogen and oxygen atoms in total. The van der Waals surface area contributed by atoms with Crippen LogP contribution >= 0.6 is 22.1 Å². The minimum absolute atomic E-state index is 0.246. The van der Waals surface area contributed by atoms with Gasteiger partial charge in [-0.15, -0.1) is 0 Å². The van der Waals surface area contributed by atoms with Crippen LogP contribution in [0.1, 0.15) is 35.6 Å². The number of hydrogen-bond donors (Lipinski definition) is 0. The number of carbonyl (C=O) groups excluding carboxylic acids is 1. The topological polar surface area (TPSA) is 29.6 Å². The number of benzene rings is 2. The maximum atomic E-state index is 14.5. The summed E-state index contributed by atoms with van der Waals surface area (Å²) < 4.78 is 33.9. The van der Waals surface area contributed by atoms with Crippen LogP contribution in [0.25, 0.3) is 0 Å². The van der Waals surface area contributed by atoms with Crippen LogP contribution in [0, 0.1) is 18.6 Å². The molecule has 0 N–H and O–H groups in total. The highest BCUT2D eigenvalue weighted by Crippen LogP contribution is 2.80. The molecule has 0 bridgehead atoms. The lowest BCUT2D eigenvalue weighted by Crippen LogP contribution is -2.07. The van der Waals surface area contributed by atoms with E-state index in [9.17, 15) is 13.6 Å². The second-order valence-electron chi connectivity index (χ2n) is 6.39. The zero-order valence-corrected chi connectivity index (χ0v) is 16.5. The van der Waals surface area contributed by atoms with Crippen LogP contribution in [0.2, 0.25) is 0 Å². The molecule has 0 amide bonds. The highest BCUT2D eigenvalue weighted by atomic mass is 32.3. The van der Waals surface area contributed by atoms with Gasteiger partial charge in [-0.25, -0.2) is 13.6 Å². The fraction of sp³-hybridized carbons (Fsp3) is 0.350. The average Bonchev–Trinajstić information content (AvgIpc) is 3.30. The Hall–Kier alpha value is -1.53. The van der Waals surface area contributed by atoms with E-state index in [4.69, 9.17) is 4.18 Å². The smallest absolute Gasteiger partial charge is 0.390 e. The van der Waals surface area contributed by atoms with E-state index >= 15 is 0 Å². The predicted molar refractivity (Wildman–Crippen MR) is 105 cm³/mol. The van der Waals surface area contributed by atoms with Crippen LogP contribution in [0.3, 0.4) is 0 Å². The quantitative estimate of drug-likeness (QED) is 0.364. The Morgan fingerprint density at radius 3 is 2.42 bits per heavy atom. The van der Waals surface area contributed by atoms with Crippen LogP contribution < -0.4 is 0 Å². The molecule has 1 aliphatic rings. The molecule has 2 aromatic carbocycles. The van der Waals surface area contributed by atoms with Crippen molar-refractivity contribution in [1.29, 1.82) is 0 Å². The fourth-order valence-corrected chi connectivity index (χ4v) is 6.59. The first-order valence-corrected chi connectivity index (χ1v) is 11.6. The molecular formula is C20H22F2O2S2. The van der Waals surface area contributed by atoms with E-state index in [0.29, 0.717) is 6.42 Å². The van der Waals surface area contributed by atoms with Crippen LogP contribution in [-0.2, 0) is 4.18 Å². The van der Waals surface area contributed by atoms with Gasteiger partial charge in [0.2, 0.25) is 0 Å². The van der Waals surface area contributed by atoms with Crippen molar-refractivity contribution in [3.05, 3.63) is 65.2 Å². The van der Waals surface area contributed by atoms with Gasteiger partial charge in [0, 0.05) is 20.8 Å². The third-order valence-electron chi connectivity index (χ3n) is 4.56. The highest BCUT2D eigenvalue weighted by Gasteiger charge is 2.60. The normalized spacial score (nSPS) is 22.4. The SMILES string of the molecule is CSCCCCC(c1cc(F)ccc1F)S1(c2ccc(C)cc2)OC1=O. The van der Waals surface area contributed by atoms with Gasteiger partial charge in [0.15, 0.2) is 0 Å². The molecule has 2 unspecified atom stereocenters. The Morgan fingerprint density at radius 2 is 1.81 bits per heavy atom. The zero-order chi connectivity index (χ0) is 18.7. The van der Waals surface area contributed by atoms with Gasteiger partial charge in [-0.2, -0.15) is 11.8 Å². The minimum Gasteiger partial charge on any atom is -0.390 e. The molecule has 2 atom stereocenters. The van der Waals surface area contributed by atoms with Crippen LogP contribution in [0.15, 0.2) is 47.4 Å². The van der Waals surface area contributed by atoms with Gasteiger partial charge in [0.1, 0.15) is 11.6 Å². The van der Waals surface area contributed by atoms with Crippen LogP contribution in [0.5, 0.6) is 0 Å². The zero-order valence-electron chi connectivity index (χ0n) is 14.8. The van der Waals surface area contributed by atoms with Crippen molar-refractivity contribution in [3.8, 4) is 0 Å². The Balaban J connectivity index is 2.00. The molecule has 1 heterocycles. The van der Waals surface area contributed by atoms with E-state index in [1.165, 1.54) is 6.07 Å². The Labute approximate surface area is 158 Å². The average molecular weight is 397 g/mol. The maximum Gasteiger partial charge on any atom is 0.398 e. The largest absolute Gasteiger partial charge is 0.398 e. The summed E-state index contributed by atoms with van der Waals surface area (Å²) in [6.07, 6.45) is 4.43. The summed E-state index contributed by atoms with van der Waals surface area (Å²) in [7, 11) is -2.28. The molecule has 2 aromatic rings. The van der Waals surface area contributed by atoms with Crippen LogP contribution in [0.4, 0.5) is 13.6 Å². The van der Waals surface area contributed by atoms with Gasteiger partial charge in [0.05, 0.1) is 5.25 Å². The van der Waals surface area contributed by atoms with Crippen molar-refractivity contribution in [2.75, 3.05) is 12.0 Å². The number of thioether (sulfide) groups is 1. The molecule has 1 fully saturated rings. The van der Waals surface area contributed by atoms with E-state index in [1.807, 2.05) is 37.4 Å². The molecule has 6 heteroatoms. The number of carbonyl (C=O) groups is 1. The summed E-state index contributed by atoms with van der Waals surface area (Å²) in [5.41, 5.74) is 1.32. The van der Waals surface area contributed by atoms with Gasteiger partial charge in [-0.05, 0) is 62.1 Å². The van der Waals surface area contributed by atoms with Crippen molar-refractivity contribution in [1.82, 2.24) is 0 Å². The monoisotopic (exact) mass is 396 g/mol. The first-order valence-electron chi connectivity index (χ1n) is 8.55. The Morgan fingerprint density at radius 1 is 1.12 bits per heavy atom. The number of aryl methyl sites for hydroxylation is 1. The van der Waals surface area contributed by atoms with Gasteiger partial charge < -0.3 is 4.18 Å². The van der Waals surface area contributed by atoms with E-state index in [-0.39, 0.29) is 10.9 Å². The Bertz CT molecular complexity index is 795. The number of hydrogen-bond acceptors (Lipinski definition) is 3. The van der Waals surface area contributed by atoms with Gasteiger partial charge >= 0.3 is 5.30 Å². The summed E-state index contributed by atoms with van der Waals surface area (Å²) in [5.74, 6) is 0.0191. The summed E-state index contributed by atoms with van der Waals surface area (Å²) >= 11 is 1.75. The first kappa shape index (κ1) is 19.2. The maximum absolute atomic E-state index is 14.5. The lowest BCUT2D eigenvalue weighted by Gasteiger charge is -2.26. The van der Waals surface area contributed by atoms with Crippen molar-refractivity contribution < 1.29 is 17.8 Å². The third kappa shape index (κ3) is 3.76. The number of halogens is 2. The van der Waals surface area contributed by atoms with Gasteiger partial charge in [-0.1, -0.05) is 24.1 Å². The molecular weight excluding hydrogens is 374 g/mol. The summed E-state index contributed by atoms with van der Waals surface area (Å²) in [6.45, 7) is 1.97. The Kier molecular flexibility index (Phi) is 5.92. The molecule has 26 heavy (non-hydrogen) atoms. The molecule has 0 saturated carbocycles. The number of unbranched alkanes of at least 4 members (excludes halogenated alkanes) is 1. The molecule has 0 radical (unpaired) electrons. The molecule has 1 saturated heterocycles. The summed E-state index contributed by atoms with van der Waals surface area (Å²) in [6, 6.07) is 11.1. The van der Waals surface area contributed by atoms with Crippen molar-refractivity contribution in [2.24, 2.45) is 0 Å². The third-order valence-corrected chi connectivity index (χ3v) is 8.36. The van der Waals surface area contributed by atoms with Gasteiger partial charge in [-0.3, -0.25) is 0 Å². The lowest BCUT2D eigenvalue weighted by molar-refractivity contribution is 0.249. The molecule has 0 aliphatic carbocycles. The summed E-state index contributed by atoms with van der Waals surface area (Å²) in [4.78, 5) is 13.2. The number of rotatable bonds is 8. The van der Waals surface area contributed by atoms with E-state index in [2.05, 4.69) is 0 Å². The highest BCUT2D eigenvalue weighted by molar-refractivity contribution is 8.48. The molecule has 3 rings (SSSR count). The van der Waals surface area contributed by atoms with E-state index in [1.54, 1.807) is 11.8 Å². The van der Waals surface area contributed by atoms with Crippen LogP contribution in [-0.4, -0.2) is 17.3 Å². The second kappa shape index (κ2) is 8.01. The fourth-order valence-electron chi connectivity index (χ4n) is 3.15. The standard InChI is InChI=1S/C20H22F2O2S2/c1-14-6-9-16(10-7-14)26(20(23)24-26)19(5-3-4-12-25-2)17-13-15(21)8-11-18(17)22/h6-11,13,19H,3-5,12H2,1-2H3. The van der Waals surface area contributed by atoms with Crippen molar-refractivity contribution in [2.45, 2.75) is 36.3 Å². The molecule has 0 aromatic heterocycles. The van der Waals surface area contributed by atoms with Gasteiger partial charge in [0.25, 0.3) is 0 Å². The molecule has 140 valence electrons. The van der Waals surface area contributed by atoms with Crippen molar-refractivity contribution >= 4 is 27.4 Å².